The fraction of sp³-hybridized carbons (Fsp3) is 0.308. The lowest BCUT2D eigenvalue weighted by molar-refractivity contribution is 0.580. The maximum atomic E-state index is 12.4. The summed E-state index contributed by atoms with van der Waals surface area (Å²) >= 11 is 3.23. The molecular formula is C13H17BrN4O2S. The predicted octanol–water partition coefficient (Wildman–Crippen LogP) is 1.86. The van der Waals surface area contributed by atoms with Crippen LogP contribution in [0.4, 0.5) is 5.69 Å². The number of aryl methyl sites for hydroxylation is 2. The first-order chi connectivity index (χ1) is 9.72. The van der Waals surface area contributed by atoms with Crippen molar-refractivity contribution in [1.29, 1.82) is 0 Å². The van der Waals surface area contributed by atoms with Gasteiger partial charge in [0.05, 0.1) is 10.6 Å². The molecule has 0 fully saturated rings. The van der Waals surface area contributed by atoms with E-state index in [1.54, 1.807) is 16.8 Å². The van der Waals surface area contributed by atoms with Gasteiger partial charge < -0.3 is 5.73 Å². The fourth-order valence-electron chi connectivity index (χ4n) is 2.04. The zero-order valence-corrected chi connectivity index (χ0v) is 14.4. The van der Waals surface area contributed by atoms with Gasteiger partial charge in [0.15, 0.2) is 0 Å². The normalized spacial score (nSPS) is 11.8. The van der Waals surface area contributed by atoms with Gasteiger partial charge in [-0.2, -0.15) is 5.10 Å². The predicted molar refractivity (Wildman–Crippen MR) is 85.3 cm³/mol. The first-order valence-corrected chi connectivity index (χ1v) is 8.53. The van der Waals surface area contributed by atoms with Gasteiger partial charge in [0.1, 0.15) is 0 Å². The summed E-state index contributed by atoms with van der Waals surface area (Å²) in [4.78, 5) is 0.127. The lowest BCUT2D eigenvalue weighted by atomic mass is 10.2. The maximum Gasteiger partial charge on any atom is 0.242 e. The van der Waals surface area contributed by atoms with Crippen molar-refractivity contribution in [2.24, 2.45) is 7.05 Å². The molecule has 0 radical (unpaired) electrons. The van der Waals surface area contributed by atoms with Crippen molar-refractivity contribution < 1.29 is 8.42 Å². The Morgan fingerprint density at radius 2 is 2.05 bits per heavy atom. The summed E-state index contributed by atoms with van der Waals surface area (Å²) < 4.78 is 29.6. The van der Waals surface area contributed by atoms with E-state index < -0.39 is 10.0 Å². The summed E-state index contributed by atoms with van der Waals surface area (Å²) in [6, 6.07) is 4.68. The van der Waals surface area contributed by atoms with Gasteiger partial charge in [-0.3, -0.25) is 4.68 Å². The highest BCUT2D eigenvalue weighted by Gasteiger charge is 2.19. The van der Waals surface area contributed by atoms with E-state index in [-0.39, 0.29) is 11.4 Å². The Labute approximate surface area is 132 Å². The number of benzene rings is 1. The van der Waals surface area contributed by atoms with Crippen LogP contribution < -0.4 is 10.5 Å². The summed E-state index contributed by atoms with van der Waals surface area (Å²) in [5.74, 6) is 0. The summed E-state index contributed by atoms with van der Waals surface area (Å²) in [6.45, 7) is 3.95. The van der Waals surface area contributed by atoms with Gasteiger partial charge in [0.25, 0.3) is 0 Å². The molecule has 0 saturated heterocycles. The summed E-state index contributed by atoms with van der Waals surface area (Å²) in [6.07, 6.45) is 0. The molecule has 0 unspecified atom stereocenters. The largest absolute Gasteiger partial charge is 0.399 e. The highest BCUT2D eigenvalue weighted by atomic mass is 79.9. The molecule has 1 aromatic carbocycles. The molecule has 1 aromatic heterocycles. The molecule has 0 amide bonds. The summed E-state index contributed by atoms with van der Waals surface area (Å²) in [7, 11) is -1.82. The van der Waals surface area contributed by atoms with Crippen LogP contribution in [0.5, 0.6) is 0 Å². The minimum atomic E-state index is -3.65. The standard InChI is InChI=1S/C13H17BrN4O2S/c1-8-11(9(2)18(3)17-8)7-16-21(19,20)13-6-10(15)4-5-12(13)14/h4-6,16H,7,15H2,1-3H3. The molecule has 0 atom stereocenters. The highest BCUT2D eigenvalue weighted by molar-refractivity contribution is 9.10. The number of halogens is 1. The lowest BCUT2D eigenvalue weighted by Crippen LogP contribution is -2.24. The SMILES string of the molecule is Cc1nn(C)c(C)c1CNS(=O)(=O)c1cc(N)ccc1Br. The topological polar surface area (TPSA) is 90.0 Å². The van der Waals surface area contributed by atoms with E-state index in [9.17, 15) is 8.42 Å². The van der Waals surface area contributed by atoms with Crippen molar-refractivity contribution in [3.8, 4) is 0 Å². The third-order valence-corrected chi connectivity index (χ3v) is 5.74. The number of nitrogens with zero attached hydrogens (tertiary/aromatic N) is 2. The third-order valence-electron chi connectivity index (χ3n) is 3.34. The molecule has 8 heteroatoms. The molecule has 2 rings (SSSR count). The van der Waals surface area contributed by atoms with Gasteiger partial charge in [0.2, 0.25) is 10.0 Å². The van der Waals surface area contributed by atoms with E-state index in [1.807, 2.05) is 20.9 Å². The van der Waals surface area contributed by atoms with Crippen LogP contribution in [0.15, 0.2) is 27.6 Å². The second-order valence-electron chi connectivity index (χ2n) is 4.79. The van der Waals surface area contributed by atoms with Gasteiger partial charge in [-0.05, 0) is 48.0 Å². The Morgan fingerprint density at radius 1 is 1.38 bits per heavy atom. The van der Waals surface area contributed by atoms with E-state index in [4.69, 9.17) is 5.73 Å². The van der Waals surface area contributed by atoms with Gasteiger partial charge in [-0.1, -0.05) is 0 Å². The van der Waals surface area contributed by atoms with Crippen molar-refractivity contribution in [1.82, 2.24) is 14.5 Å². The lowest BCUT2D eigenvalue weighted by Gasteiger charge is -2.09. The first-order valence-electron chi connectivity index (χ1n) is 6.26. The number of sulfonamides is 1. The van der Waals surface area contributed by atoms with Gasteiger partial charge in [-0.15, -0.1) is 0 Å². The molecule has 0 bridgehead atoms. The average Bonchev–Trinajstić information content (AvgIpc) is 2.64. The number of hydrogen-bond acceptors (Lipinski definition) is 4. The van der Waals surface area contributed by atoms with Crippen LogP contribution in [0, 0.1) is 13.8 Å². The Balaban J connectivity index is 2.28. The zero-order chi connectivity index (χ0) is 15.8. The number of anilines is 1. The van der Waals surface area contributed by atoms with Crippen LogP contribution in [0.1, 0.15) is 17.0 Å². The molecule has 0 saturated carbocycles. The smallest absolute Gasteiger partial charge is 0.242 e. The molecule has 2 aromatic rings. The number of nitrogens with two attached hydrogens (primary N) is 1. The first kappa shape index (κ1) is 16.0. The second-order valence-corrected chi connectivity index (χ2v) is 7.38. The van der Waals surface area contributed by atoms with Gasteiger partial charge in [-0.25, -0.2) is 13.1 Å². The quantitative estimate of drug-likeness (QED) is 0.801. The van der Waals surface area contributed by atoms with Crippen LogP contribution in [-0.4, -0.2) is 18.2 Å². The van der Waals surface area contributed by atoms with Crippen LogP contribution >= 0.6 is 15.9 Å². The number of hydrogen-bond donors (Lipinski definition) is 2. The third kappa shape index (κ3) is 3.28. The second kappa shape index (κ2) is 5.78. The van der Waals surface area contributed by atoms with E-state index >= 15 is 0 Å². The molecule has 0 aliphatic carbocycles. The number of aromatic nitrogens is 2. The molecule has 0 aliphatic rings. The Bertz CT molecular complexity index is 784. The van der Waals surface area contributed by atoms with Crippen molar-refractivity contribution in [3.63, 3.8) is 0 Å². The summed E-state index contributed by atoms with van der Waals surface area (Å²) in [5, 5.41) is 4.27. The molecule has 6 nitrogen and oxygen atoms in total. The zero-order valence-electron chi connectivity index (χ0n) is 12.0. The van der Waals surface area contributed by atoms with Crippen molar-refractivity contribution >= 4 is 31.6 Å². The Morgan fingerprint density at radius 3 is 2.62 bits per heavy atom. The van der Waals surface area contributed by atoms with E-state index in [0.29, 0.717) is 10.2 Å². The van der Waals surface area contributed by atoms with Crippen LogP contribution in [0.3, 0.4) is 0 Å². The molecule has 3 N–H and O–H groups in total. The van der Waals surface area contributed by atoms with Crippen molar-refractivity contribution in [2.75, 3.05) is 5.73 Å². The Hall–Kier alpha value is -1.38. The minimum absolute atomic E-state index is 0.127. The molecule has 0 aliphatic heterocycles. The molecule has 114 valence electrons. The van der Waals surface area contributed by atoms with Crippen LogP contribution in [0.25, 0.3) is 0 Å². The van der Waals surface area contributed by atoms with E-state index in [2.05, 4.69) is 25.8 Å². The maximum absolute atomic E-state index is 12.4. The van der Waals surface area contributed by atoms with Crippen LogP contribution in [0.2, 0.25) is 0 Å². The number of nitrogens with one attached hydrogen (secondary N) is 1. The minimum Gasteiger partial charge on any atom is -0.399 e. The molecule has 21 heavy (non-hydrogen) atoms. The Kier molecular flexibility index (Phi) is 4.40. The van der Waals surface area contributed by atoms with Gasteiger partial charge in [0, 0.05) is 35.0 Å². The van der Waals surface area contributed by atoms with E-state index in [1.165, 1.54) is 6.07 Å². The fourth-order valence-corrected chi connectivity index (χ4v) is 4.04. The molecule has 0 spiro atoms. The molecule has 1 heterocycles. The van der Waals surface area contributed by atoms with Crippen molar-refractivity contribution in [2.45, 2.75) is 25.3 Å². The summed E-state index contributed by atoms with van der Waals surface area (Å²) in [5.41, 5.74) is 8.67. The molecular weight excluding hydrogens is 356 g/mol. The average molecular weight is 373 g/mol. The van der Waals surface area contributed by atoms with Crippen LogP contribution in [-0.2, 0) is 23.6 Å². The van der Waals surface area contributed by atoms with E-state index in [0.717, 1.165) is 17.0 Å². The van der Waals surface area contributed by atoms with Gasteiger partial charge >= 0.3 is 0 Å². The monoisotopic (exact) mass is 372 g/mol. The number of nitrogen functional groups attached to an aromatic ring is 1. The van der Waals surface area contributed by atoms with Crippen molar-refractivity contribution in [3.05, 3.63) is 39.6 Å². The highest BCUT2D eigenvalue weighted by Crippen LogP contribution is 2.24. The number of rotatable bonds is 4.